The van der Waals surface area contributed by atoms with Gasteiger partial charge >= 0.3 is 0 Å². The highest BCUT2D eigenvalue weighted by atomic mass is 16.5. The molecule has 1 N–H and O–H groups in total. The molecule has 0 unspecified atom stereocenters. The van der Waals surface area contributed by atoms with Gasteiger partial charge in [-0.3, -0.25) is 9.59 Å². The SMILES string of the molecule is CCCCOc1ccc(C(O)=C2C(=O)C(=O)N(CCCN(CC)CC)[C@H]2c2ccc(OCc3ccccc3)c(OC)c2)cc1. The maximum atomic E-state index is 13.5. The number of aliphatic hydroxyl groups is 1. The van der Waals surface area contributed by atoms with Crippen molar-refractivity contribution in [2.75, 3.05) is 39.9 Å². The fourth-order valence-electron chi connectivity index (χ4n) is 5.37. The Kier molecular flexibility index (Phi) is 11.8. The van der Waals surface area contributed by atoms with E-state index in [1.54, 1.807) is 48.4 Å². The molecule has 234 valence electrons. The highest BCUT2D eigenvalue weighted by Gasteiger charge is 2.46. The van der Waals surface area contributed by atoms with E-state index in [1.165, 1.54) is 0 Å². The minimum Gasteiger partial charge on any atom is -0.507 e. The molecule has 0 aliphatic carbocycles. The second-order valence-corrected chi connectivity index (χ2v) is 10.8. The van der Waals surface area contributed by atoms with Gasteiger partial charge in [-0.15, -0.1) is 0 Å². The van der Waals surface area contributed by atoms with E-state index in [4.69, 9.17) is 14.2 Å². The minimum atomic E-state index is -0.788. The number of Topliss-reactive ketones (excluding diaryl/α,β-unsaturated/α-hetero) is 1. The van der Waals surface area contributed by atoms with Crippen LogP contribution in [0.4, 0.5) is 0 Å². The third-order valence-electron chi connectivity index (χ3n) is 7.94. The Bertz CT molecular complexity index is 1420. The number of hydrogen-bond acceptors (Lipinski definition) is 7. The van der Waals surface area contributed by atoms with Crippen molar-refractivity contribution in [1.82, 2.24) is 9.80 Å². The van der Waals surface area contributed by atoms with Gasteiger partial charge in [0.05, 0.1) is 25.3 Å². The maximum Gasteiger partial charge on any atom is 0.295 e. The number of likely N-dealkylation sites (tertiary alicyclic amines) is 1. The molecule has 8 nitrogen and oxygen atoms in total. The second-order valence-electron chi connectivity index (χ2n) is 10.8. The van der Waals surface area contributed by atoms with Crippen LogP contribution in [-0.4, -0.2) is 66.5 Å². The Labute approximate surface area is 260 Å². The number of carbonyl (C=O) groups is 2. The summed E-state index contributed by atoms with van der Waals surface area (Å²) in [5.74, 6) is 0.140. The van der Waals surface area contributed by atoms with Crippen molar-refractivity contribution in [1.29, 1.82) is 0 Å². The van der Waals surface area contributed by atoms with E-state index in [2.05, 4.69) is 25.7 Å². The number of aliphatic hydroxyl groups excluding tert-OH is 1. The first kappa shape index (κ1) is 32.6. The number of benzene rings is 3. The normalized spacial score (nSPS) is 16.0. The van der Waals surface area contributed by atoms with E-state index < -0.39 is 17.7 Å². The van der Waals surface area contributed by atoms with Gasteiger partial charge in [-0.2, -0.15) is 0 Å². The molecule has 1 aliphatic rings. The van der Waals surface area contributed by atoms with Crippen LogP contribution in [0.3, 0.4) is 0 Å². The average molecular weight is 601 g/mol. The van der Waals surface area contributed by atoms with Gasteiger partial charge in [-0.25, -0.2) is 0 Å². The maximum absolute atomic E-state index is 13.5. The molecule has 1 aliphatic heterocycles. The van der Waals surface area contributed by atoms with Crippen LogP contribution < -0.4 is 14.2 Å². The van der Waals surface area contributed by atoms with Gasteiger partial charge in [0.1, 0.15) is 18.1 Å². The van der Waals surface area contributed by atoms with E-state index in [0.29, 0.717) is 54.6 Å². The number of nitrogens with zero attached hydrogens (tertiary/aromatic N) is 2. The monoisotopic (exact) mass is 600 g/mol. The fraction of sp³-hybridized carbons (Fsp3) is 0.389. The van der Waals surface area contributed by atoms with Crippen LogP contribution in [0.1, 0.15) is 62.8 Å². The number of methoxy groups -OCH3 is 1. The summed E-state index contributed by atoms with van der Waals surface area (Å²) in [5.41, 5.74) is 2.16. The molecule has 44 heavy (non-hydrogen) atoms. The van der Waals surface area contributed by atoms with Crippen LogP contribution in [0.2, 0.25) is 0 Å². The summed E-state index contributed by atoms with van der Waals surface area (Å²) in [6, 6.07) is 21.4. The fourth-order valence-corrected chi connectivity index (χ4v) is 5.37. The summed E-state index contributed by atoms with van der Waals surface area (Å²) >= 11 is 0. The average Bonchev–Trinajstić information content (AvgIpc) is 3.31. The lowest BCUT2D eigenvalue weighted by molar-refractivity contribution is -0.140. The topological polar surface area (TPSA) is 88.5 Å². The molecule has 1 saturated heterocycles. The van der Waals surface area contributed by atoms with Crippen molar-refractivity contribution in [3.63, 3.8) is 0 Å². The smallest absolute Gasteiger partial charge is 0.295 e. The first-order chi connectivity index (χ1) is 21.4. The summed E-state index contributed by atoms with van der Waals surface area (Å²) in [5, 5.41) is 11.5. The molecule has 0 radical (unpaired) electrons. The zero-order valence-electron chi connectivity index (χ0n) is 26.3. The number of hydrogen-bond donors (Lipinski definition) is 1. The van der Waals surface area contributed by atoms with Gasteiger partial charge < -0.3 is 29.1 Å². The molecule has 3 aromatic carbocycles. The molecule has 1 atom stereocenters. The van der Waals surface area contributed by atoms with E-state index >= 15 is 0 Å². The number of ether oxygens (including phenoxy) is 3. The van der Waals surface area contributed by atoms with Crippen molar-refractivity contribution in [3.05, 3.63) is 95.1 Å². The van der Waals surface area contributed by atoms with E-state index in [0.717, 1.165) is 38.0 Å². The standard InChI is InChI=1S/C36H44N2O6/c1-5-8-23-43-29-18-15-27(16-19-29)34(39)32-33(38(36(41)35(32)40)22-12-21-37(6-2)7-3)28-17-20-30(31(24-28)42-4)44-25-26-13-10-9-11-14-26/h9-11,13-20,24,33,39H,5-8,12,21-23,25H2,1-4H3/t33-/m0/s1. The summed E-state index contributed by atoms with van der Waals surface area (Å²) in [4.78, 5) is 30.9. The van der Waals surface area contributed by atoms with Crippen LogP contribution in [0.15, 0.2) is 78.4 Å². The van der Waals surface area contributed by atoms with Crippen molar-refractivity contribution in [2.24, 2.45) is 0 Å². The Balaban J connectivity index is 1.69. The van der Waals surface area contributed by atoms with Gasteiger partial charge in [0.15, 0.2) is 11.5 Å². The van der Waals surface area contributed by atoms with Gasteiger partial charge in [-0.05, 0) is 80.0 Å². The number of carbonyl (C=O) groups excluding carboxylic acids is 2. The largest absolute Gasteiger partial charge is 0.507 e. The van der Waals surface area contributed by atoms with Crippen LogP contribution in [0, 0.1) is 0 Å². The Morgan fingerprint density at radius 2 is 1.61 bits per heavy atom. The quantitative estimate of drug-likeness (QED) is 0.0857. The highest BCUT2D eigenvalue weighted by Crippen LogP contribution is 2.42. The highest BCUT2D eigenvalue weighted by molar-refractivity contribution is 6.46. The molecule has 0 saturated carbocycles. The first-order valence-electron chi connectivity index (χ1n) is 15.5. The van der Waals surface area contributed by atoms with Crippen molar-refractivity contribution < 1.29 is 28.9 Å². The van der Waals surface area contributed by atoms with Crippen LogP contribution in [0.5, 0.6) is 17.2 Å². The summed E-state index contributed by atoms with van der Waals surface area (Å²) in [7, 11) is 1.56. The molecule has 1 amide bonds. The Hall–Kier alpha value is -4.30. The van der Waals surface area contributed by atoms with Gasteiger partial charge in [-0.1, -0.05) is 63.6 Å². The van der Waals surface area contributed by atoms with Gasteiger partial charge in [0.2, 0.25) is 0 Å². The van der Waals surface area contributed by atoms with Crippen molar-refractivity contribution in [3.8, 4) is 17.2 Å². The Morgan fingerprint density at radius 3 is 2.27 bits per heavy atom. The molecule has 1 heterocycles. The molecule has 1 fully saturated rings. The summed E-state index contributed by atoms with van der Waals surface area (Å²) < 4.78 is 17.5. The predicted molar refractivity (Wildman–Crippen MR) is 172 cm³/mol. The Morgan fingerprint density at radius 1 is 0.886 bits per heavy atom. The molecule has 3 aromatic rings. The second kappa shape index (κ2) is 16.0. The third kappa shape index (κ3) is 7.80. The number of unbranched alkanes of at least 4 members (excludes halogenated alkanes) is 1. The molecular formula is C36H44N2O6. The number of amides is 1. The van der Waals surface area contributed by atoms with Crippen molar-refractivity contribution in [2.45, 2.75) is 52.7 Å². The molecule has 8 heteroatoms. The molecular weight excluding hydrogens is 556 g/mol. The van der Waals surface area contributed by atoms with Gasteiger partial charge in [0, 0.05) is 12.1 Å². The zero-order valence-corrected chi connectivity index (χ0v) is 26.3. The summed E-state index contributed by atoms with van der Waals surface area (Å²) in [6.07, 6.45) is 2.66. The summed E-state index contributed by atoms with van der Waals surface area (Å²) in [6.45, 7) is 10.2. The lowest BCUT2D eigenvalue weighted by atomic mass is 9.95. The lowest BCUT2D eigenvalue weighted by Gasteiger charge is -2.27. The lowest BCUT2D eigenvalue weighted by Crippen LogP contribution is -2.33. The minimum absolute atomic E-state index is 0.0532. The first-order valence-corrected chi connectivity index (χ1v) is 15.5. The van der Waals surface area contributed by atoms with Crippen molar-refractivity contribution >= 4 is 17.4 Å². The van der Waals surface area contributed by atoms with Crippen LogP contribution >= 0.6 is 0 Å². The van der Waals surface area contributed by atoms with E-state index in [-0.39, 0.29) is 11.3 Å². The third-order valence-corrected chi connectivity index (χ3v) is 7.94. The van der Waals surface area contributed by atoms with Crippen LogP contribution in [0.25, 0.3) is 5.76 Å². The zero-order chi connectivity index (χ0) is 31.5. The molecule has 4 rings (SSSR count). The molecule has 0 spiro atoms. The number of rotatable bonds is 16. The molecule has 0 bridgehead atoms. The van der Waals surface area contributed by atoms with E-state index in [1.807, 2.05) is 36.4 Å². The number of ketones is 1. The predicted octanol–water partition coefficient (Wildman–Crippen LogP) is 6.61. The van der Waals surface area contributed by atoms with Gasteiger partial charge in [0.25, 0.3) is 11.7 Å². The molecule has 0 aromatic heterocycles. The van der Waals surface area contributed by atoms with Crippen LogP contribution in [-0.2, 0) is 16.2 Å². The van der Waals surface area contributed by atoms with E-state index in [9.17, 15) is 14.7 Å².